The topological polar surface area (TPSA) is 70.7 Å². The van der Waals surface area contributed by atoms with Gasteiger partial charge in [0.1, 0.15) is 5.75 Å². The number of nitrogens with zero attached hydrogens (tertiary/aromatic N) is 1. The maximum absolute atomic E-state index is 12.6. The fourth-order valence-corrected chi connectivity index (χ4v) is 3.04. The van der Waals surface area contributed by atoms with Crippen LogP contribution in [0.1, 0.15) is 54.3 Å². The third-order valence-corrected chi connectivity index (χ3v) is 4.76. The number of carbonyl (C=O) groups excluding carboxylic acids is 2. The van der Waals surface area contributed by atoms with Crippen molar-refractivity contribution in [3.63, 3.8) is 0 Å². The van der Waals surface area contributed by atoms with Crippen LogP contribution in [-0.2, 0) is 0 Å². The highest BCUT2D eigenvalue weighted by atomic mass is 32.1. The number of anilines is 1. The molecule has 2 amide bonds. The van der Waals surface area contributed by atoms with Crippen LogP contribution in [0.5, 0.6) is 5.75 Å². The number of nitrogens with one attached hydrogen (secondary N) is 2. The van der Waals surface area contributed by atoms with Gasteiger partial charge in [0, 0.05) is 24.3 Å². The zero-order chi connectivity index (χ0) is 21.9. The average Bonchev–Trinajstić information content (AvgIpc) is 2.75. The number of carbonyl (C=O) groups is 2. The molecule has 0 aromatic heterocycles. The highest BCUT2D eigenvalue weighted by Gasteiger charge is 2.15. The van der Waals surface area contributed by atoms with E-state index in [4.69, 9.17) is 17.0 Å². The van der Waals surface area contributed by atoms with E-state index in [9.17, 15) is 9.59 Å². The van der Waals surface area contributed by atoms with Crippen LogP contribution < -0.4 is 15.4 Å². The maximum Gasteiger partial charge on any atom is 0.261 e. The lowest BCUT2D eigenvalue weighted by molar-refractivity contribution is 0.0772. The summed E-state index contributed by atoms with van der Waals surface area (Å²) in [6.07, 6.45) is 1.93. The number of ether oxygens (including phenoxy) is 1. The first-order valence-corrected chi connectivity index (χ1v) is 10.6. The Labute approximate surface area is 183 Å². The molecule has 7 heteroatoms. The summed E-state index contributed by atoms with van der Waals surface area (Å²) in [4.78, 5) is 26.8. The molecule has 0 atom stereocenters. The second-order valence-corrected chi connectivity index (χ2v) is 7.07. The van der Waals surface area contributed by atoms with E-state index in [1.807, 2.05) is 19.9 Å². The van der Waals surface area contributed by atoms with E-state index < -0.39 is 0 Å². The highest BCUT2D eigenvalue weighted by Crippen LogP contribution is 2.18. The maximum atomic E-state index is 12.6. The van der Waals surface area contributed by atoms with Crippen LogP contribution >= 0.6 is 12.2 Å². The number of benzene rings is 2. The Morgan fingerprint density at radius 2 is 1.67 bits per heavy atom. The standard InChI is InChI=1S/C23H29N3O3S/c1-4-7-16-29-20-11-9-8-10-19(20)21(27)25-23(30)24-18-14-12-17(13-15-18)22(28)26(5-2)6-3/h8-15H,4-7,16H2,1-3H3,(H2,24,25,27,30). The fraction of sp³-hybridized carbons (Fsp3) is 0.348. The van der Waals surface area contributed by atoms with E-state index >= 15 is 0 Å². The van der Waals surface area contributed by atoms with Crippen molar-refractivity contribution < 1.29 is 14.3 Å². The van der Waals surface area contributed by atoms with Crippen molar-refractivity contribution in [2.24, 2.45) is 0 Å². The molecule has 2 N–H and O–H groups in total. The smallest absolute Gasteiger partial charge is 0.261 e. The van der Waals surface area contributed by atoms with Crippen molar-refractivity contribution in [3.8, 4) is 5.75 Å². The minimum absolute atomic E-state index is 0.0119. The quantitative estimate of drug-likeness (QED) is 0.456. The normalized spacial score (nSPS) is 10.2. The third kappa shape index (κ3) is 6.56. The SMILES string of the molecule is CCCCOc1ccccc1C(=O)NC(=S)Nc1ccc(C(=O)N(CC)CC)cc1. The Kier molecular flexibility index (Phi) is 9.28. The molecule has 2 aromatic rings. The minimum atomic E-state index is -0.340. The van der Waals surface area contributed by atoms with Crippen LogP contribution in [-0.4, -0.2) is 41.5 Å². The van der Waals surface area contributed by atoms with Crippen LogP contribution in [0.25, 0.3) is 0 Å². The summed E-state index contributed by atoms with van der Waals surface area (Å²) in [5.41, 5.74) is 1.72. The Balaban J connectivity index is 1.97. The Morgan fingerprint density at radius 3 is 2.30 bits per heavy atom. The molecule has 6 nitrogen and oxygen atoms in total. The summed E-state index contributed by atoms with van der Waals surface area (Å²) < 4.78 is 5.71. The number of amides is 2. The first-order chi connectivity index (χ1) is 14.5. The molecule has 0 aliphatic carbocycles. The molecule has 0 saturated heterocycles. The Morgan fingerprint density at radius 1 is 1.00 bits per heavy atom. The van der Waals surface area contributed by atoms with Crippen LogP contribution in [0, 0.1) is 0 Å². The second-order valence-electron chi connectivity index (χ2n) is 6.66. The lowest BCUT2D eigenvalue weighted by Crippen LogP contribution is -2.34. The first kappa shape index (κ1) is 23.3. The number of rotatable bonds is 9. The van der Waals surface area contributed by atoms with E-state index in [-0.39, 0.29) is 16.9 Å². The molecule has 0 aliphatic rings. The van der Waals surface area contributed by atoms with Crippen molar-refractivity contribution in [2.75, 3.05) is 25.0 Å². The number of unbranched alkanes of at least 4 members (excludes halogenated alkanes) is 1. The molecule has 0 bridgehead atoms. The van der Waals surface area contributed by atoms with Gasteiger partial charge >= 0.3 is 0 Å². The number of thiocarbonyl (C=S) groups is 1. The number of hydrogen-bond donors (Lipinski definition) is 2. The molecule has 0 spiro atoms. The van der Waals surface area contributed by atoms with Crippen LogP contribution in [0.4, 0.5) is 5.69 Å². The molecule has 0 unspecified atom stereocenters. The number of hydrogen-bond acceptors (Lipinski definition) is 4. The zero-order valence-electron chi connectivity index (χ0n) is 17.7. The second kappa shape index (κ2) is 11.9. The monoisotopic (exact) mass is 427 g/mol. The van der Waals surface area contributed by atoms with Gasteiger partial charge in [-0.25, -0.2) is 0 Å². The van der Waals surface area contributed by atoms with Gasteiger partial charge in [-0.3, -0.25) is 14.9 Å². The summed E-state index contributed by atoms with van der Waals surface area (Å²) in [5.74, 6) is 0.181. The molecule has 0 fully saturated rings. The zero-order valence-corrected chi connectivity index (χ0v) is 18.6. The Hall–Kier alpha value is -2.93. The highest BCUT2D eigenvalue weighted by molar-refractivity contribution is 7.80. The summed E-state index contributed by atoms with van der Waals surface area (Å²) in [6, 6.07) is 14.1. The van der Waals surface area contributed by atoms with Crippen molar-refractivity contribution in [1.82, 2.24) is 10.2 Å². The van der Waals surface area contributed by atoms with Crippen LogP contribution in [0.2, 0.25) is 0 Å². The summed E-state index contributed by atoms with van der Waals surface area (Å²) in [5, 5.41) is 5.82. The van der Waals surface area contributed by atoms with Gasteiger partial charge in [0.15, 0.2) is 5.11 Å². The van der Waals surface area contributed by atoms with E-state index in [2.05, 4.69) is 17.6 Å². The van der Waals surface area contributed by atoms with E-state index in [1.165, 1.54) is 0 Å². The van der Waals surface area contributed by atoms with E-state index in [0.29, 0.717) is 42.3 Å². The molecule has 0 heterocycles. The molecule has 0 aliphatic heterocycles. The van der Waals surface area contributed by atoms with Crippen LogP contribution in [0.15, 0.2) is 48.5 Å². The first-order valence-electron chi connectivity index (χ1n) is 10.2. The van der Waals surface area contributed by atoms with Gasteiger partial charge in [0.05, 0.1) is 12.2 Å². The summed E-state index contributed by atoms with van der Waals surface area (Å²) in [6.45, 7) is 7.86. The summed E-state index contributed by atoms with van der Waals surface area (Å²) >= 11 is 5.27. The molecule has 0 radical (unpaired) electrons. The molecule has 30 heavy (non-hydrogen) atoms. The van der Waals surface area contributed by atoms with Crippen molar-refractivity contribution in [2.45, 2.75) is 33.6 Å². The molecule has 160 valence electrons. The third-order valence-electron chi connectivity index (χ3n) is 4.55. The predicted molar refractivity (Wildman–Crippen MR) is 124 cm³/mol. The van der Waals surface area contributed by atoms with Crippen molar-refractivity contribution in [1.29, 1.82) is 0 Å². The molecular formula is C23H29N3O3S. The summed E-state index contributed by atoms with van der Waals surface area (Å²) in [7, 11) is 0. The predicted octanol–water partition coefficient (Wildman–Crippen LogP) is 4.47. The van der Waals surface area contributed by atoms with Gasteiger partial charge in [-0.1, -0.05) is 25.5 Å². The Bertz CT molecular complexity index is 864. The number of para-hydroxylation sites is 1. The van der Waals surface area contributed by atoms with Gasteiger partial charge in [0.25, 0.3) is 11.8 Å². The lowest BCUT2D eigenvalue weighted by Gasteiger charge is -2.18. The van der Waals surface area contributed by atoms with Gasteiger partial charge in [-0.15, -0.1) is 0 Å². The lowest BCUT2D eigenvalue weighted by atomic mass is 10.1. The van der Waals surface area contributed by atoms with Gasteiger partial charge in [-0.05, 0) is 68.9 Å². The van der Waals surface area contributed by atoms with Crippen molar-refractivity contribution >= 4 is 34.8 Å². The average molecular weight is 428 g/mol. The fourth-order valence-electron chi connectivity index (χ4n) is 2.83. The molecule has 2 aromatic carbocycles. The van der Waals surface area contributed by atoms with Gasteiger partial charge in [-0.2, -0.15) is 0 Å². The van der Waals surface area contributed by atoms with Gasteiger partial charge in [0.2, 0.25) is 0 Å². The van der Waals surface area contributed by atoms with Crippen molar-refractivity contribution in [3.05, 3.63) is 59.7 Å². The molecule has 2 rings (SSSR count). The van der Waals surface area contributed by atoms with E-state index in [0.717, 1.165) is 12.8 Å². The van der Waals surface area contributed by atoms with E-state index in [1.54, 1.807) is 47.4 Å². The molecule has 0 saturated carbocycles. The molecular weight excluding hydrogens is 398 g/mol. The largest absolute Gasteiger partial charge is 0.493 e. The van der Waals surface area contributed by atoms with Crippen LogP contribution in [0.3, 0.4) is 0 Å². The minimum Gasteiger partial charge on any atom is -0.493 e. The van der Waals surface area contributed by atoms with Gasteiger partial charge < -0.3 is 15.0 Å².